The molecule has 3 heterocycles. The number of benzene rings is 2. The number of nitrogens with zero attached hydrogens (tertiary/aromatic N) is 3. The number of carbonyl (C=O) groups is 2. The van der Waals surface area contributed by atoms with Gasteiger partial charge in [0.05, 0.1) is 16.0 Å². The molecule has 39 heavy (non-hydrogen) atoms. The molecule has 206 valence electrons. The molecule has 1 amide bonds. The van der Waals surface area contributed by atoms with Crippen LogP contribution in [-0.2, 0) is 14.8 Å². The smallest absolute Gasteiger partial charge is 0.312 e. The zero-order chi connectivity index (χ0) is 28.4. The molecule has 2 aromatic carbocycles. The minimum absolute atomic E-state index is 0.00189. The molecule has 2 aliphatic rings. The third-order valence-corrected chi connectivity index (χ3v) is 9.13. The van der Waals surface area contributed by atoms with Crippen LogP contribution in [0.1, 0.15) is 29.3 Å². The minimum Gasteiger partial charge on any atom is -0.481 e. The lowest BCUT2D eigenvalue weighted by Gasteiger charge is -2.44. The Labute approximate surface area is 220 Å². The molecule has 2 saturated heterocycles. The van der Waals surface area contributed by atoms with Gasteiger partial charge in [-0.3, -0.25) is 9.59 Å². The van der Waals surface area contributed by atoms with Crippen molar-refractivity contribution in [2.75, 3.05) is 26.2 Å². The van der Waals surface area contributed by atoms with Gasteiger partial charge in [-0.05, 0) is 50.1 Å². The first-order chi connectivity index (χ1) is 18.2. The van der Waals surface area contributed by atoms with Crippen molar-refractivity contribution in [3.63, 3.8) is 0 Å². The molecule has 1 N–H and O–H groups in total. The molecule has 1 aromatic heterocycles. The Hall–Kier alpha value is -3.58. The largest absolute Gasteiger partial charge is 0.481 e. The van der Waals surface area contributed by atoms with E-state index in [0.717, 1.165) is 4.31 Å². The maximum atomic E-state index is 15.3. The molecule has 0 aliphatic carbocycles. The van der Waals surface area contributed by atoms with E-state index in [2.05, 4.69) is 4.98 Å². The molecule has 0 bridgehead atoms. The van der Waals surface area contributed by atoms with E-state index in [1.807, 2.05) is 0 Å². The van der Waals surface area contributed by atoms with Crippen molar-refractivity contribution < 1.29 is 40.7 Å². The van der Waals surface area contributed by atoms with Crippen molar-refractivity contribution in [1.82, 2.24) is 14.2 Å². The summed E-state index contributed by atoms with van der Waals surface area (Å²) >= 11 is 0. The van der Waals surface area contributed by atoms with E-state index in [0.29, 0.717) is 12.1 Å². The maximum absolute atomic E-state index is 15.3. The number of alkyl halides is 1. The van der Waals surface area contributed by atoms with Crippen molar-refractivity contribution in [2.24, 2.45) is 5.41 Å². The van der Waals surface area contributed by atoms with Gasteiger partial charge >= 0.3 is 5.97 Å². The number of carboxylic acids is 1. The molecule has 13 heteroatoms. The van der Waals surface area contributed by atoms with E-state index in [1.54, 1.807) is 0 Å². The van der Waals surface area contributed by atoms with E-state index < -0.39 is 73.6 Å². The average molecular weight is 566 g/mol. The molecule has 0 radical (unpaired) electrons. The quantitative estimate of drug-likeness (QED) is 0.470. The van der Waals surface area contributed by atoms with Crippen LogP contribution in [0.4, 0.5) is 17.6 Å². The van der Waals surface area contributed by atoms with Gasteiger partial charge in [0, 0.05) is 37.1 Å². The van der Waals surface area contributed by atoms with Crippen LogP contribution in [0.3, 0.4) is 0 Å². The van der Waals surface area contributed by atoms with E-state index in [4.69, 9.17) is 0 Å². The summed E-state index contributed by atoms with van der Waals surface area (Å²) in [6.07, 6.45) is -1.42. The highest BCUT2D eigenvalue weighted by Crippen LogP contribution is 2.35. The number of amides is 1. The van der Waals surface area contributed by atoms with Gasteiger partial charge in [-0.25, -0.2) is 31.0 Å². The molecule has 0 spiro atoms. The molecular formula is C26H23F4N3O5S. The summed E-state index contributed by atoms with van der Waals surface area (Å²) in [5.41, 5.74) is -2.49. The number of fused-ring (bicyclic) bond motifs is 1. The minimum atomic E-state index is -4.38. The summed E-state index contributed by atoms with van der Waals surface area (Å²) in [6.45, 7) is 2.31. The van der Waals surface area contributed by atoms with Gasteiger partial charge in [0.25, 0.3) is 5.91 Å². The number of aliphatic carboxylic acids is 1. The molecular weight excluding hydrogens is 542 g/mol. The second-order valence-corrected chi connectivity index (χ2v) is 12.1. The molecule has 0 saturated carbocycles. The molecule has 8 nitrogen and oxygen atoms in total. The number of aryl methyl sites for hydroxylation is 1. The summed E-state index contributed by atoms with van der Waals surface area (Å²) in [5, 5.41) is 9.56. The third kappa shape index (κ3) is 4.42. The Morgan fingerprint density at radius 2 is 1.74 bits per heavy atom. The zero-order valence-corrected chi connectivity index (χ0v) is 21.7. The van der Waals surface area contributed by atoms with Crippen molar-refractivity contribution >= 4 is 32.8 Å². The SMILES string of the molecule is Cc1c(F)c(-c2c(F)cc(S(=O)(=O)N3CC[C@H](F)C3)cc2F)nc2cc(C(=O)N3CC(C)(C(=O)O)C3)ccc12. The highest BCUT2D eigenvalue weighted by Gasteiger charge is 2.47. The Morgan fingerprint density at radius 1 is 1.10 bits per heavy atom. The Balaban J connectivity index is 1.53. The lowest BCUT2D eigenvalue weighted by atomic mass is 9.81. The summed E-state index contributed by atoms with van der Waals surface area (Å²) in [4.78, 5) is 28.9. The van der Waals surface area contributed by atoms with Gasteiger partial charge in [-0.2, -0.15) is 4.31 Å². The van der Waals surface area contributed by atoms with Crippen LogP contribution in [-0.4, -0.2) is 71.9 Å². The van der Waals surface area contributed by atoms with Crippen LogP contribution in [0, 0.1) is 29.8 Å². The Kier molecular flexibility index (Phi) is 6.41. The first-order valence-electron chi connectivity index (χ1n) is 12.0. The highest BCUT2D eigenvalue weighted by molar-refractivity contribution is 7.89. The summed E-state index contributed by atoms with van der Waals surface area (Å²) in [5.74, 6) is -5.30. The highest BCUT2D eigenvalue weighted by atomic mass is 32.2. The molecule has 0 unspecified atom stereocenters. The Bertz CT molecular complexity index is 1630. The lowest BCUT2D eigenvalue weighted by molar-refractivity contribution is -0.155. The van der Waals surface area contributed by atoms with Crippen LogP contribution in [0.25, 0.3) is 22.2 Å². The number of pyridine rings is 1. The zero-order valence-electron chi connectivity index (χ0n) is 20.8. The topological polar surface area (TPSA) is 108 Å². The van der Waals surface area contributed by atoms with E-state index in [-0.39, 0.29) is 48.1 Å². The van der Waals surface area contributed by atoms with Crippen LogP contribution in [0.15, 0.2) is 35.2 Å². The summed E-state index contributed by atoms with van der Waals surface area (Å²) in [7, 11) is -4.38. The number of likely N-dealkylation sites (tertiary alicyclic amines) is 1. The molecule has 1 atom stereocenters. The number of sulfonamides is 1. The van der Waals surface area contributed by atoms with Crippen molar-refractivity contribution in [3.8, 4) is 11.3 Å². The predicted octanol–water partition coefficient (Wildman–Crippen LogP) is 3.91. The monoisotopic (exact) mass is 565 g/mol. The van der Waals surface area contributed by atoms with Gasteiger partial charge in [0.1, 0.15) is 28.9 Å². The van der Waals surface area contributed by atoms with E-state index in [9.17, 15) is 27.5 Å². The van der Waals surface area contributed by atoms with Gasteiger partial charge in [-0.1, -0.05) is 6.07 Å². The van der Waals surface area contributed by atoms with Crippen LogP contribution >= 0.6 is 0 Å². The number of rotatable bonds is 5. The third-order valence-electron chi connectivity index (χ3n) is 7.28. The lowest BCUT2D eigenvalue weighted by Crippen LogP contribution is -2.60. The number of carboxylic acid groups (broad SMARTS) is 1. The normalized spacial score (nSPS) is 19.3. The average Bonchev–Trinajstić information content (AvgIpc) is 3.30. The van der Waals surface area contributed by atoms with Gasteiger partial charge in [0.2, 0.25) is 10.0 Å². The maximum Gasteiger partial charge on any atom is 0.312 e. The van der Waals surface area contributed by atoms with Crippen molar-refractivity contribution in [2.45, 2.75) is 31.3 Å². The van der Waals surface area contributed by atoms with Crippen LogP contribution in [0.2, 0.25) is 0 Å². The van der Waals surface area contributed by atoms with Crippen LogP contribution < -0.4 is 0 Å². The number of hydrogen-bond donors (Lipinski definition) is 1. The fourth-order valence-corrected chi connectivity index (χ4v) is 6.45. The van der Waals surface area contributed by atoms with Crippen molar-refractivity contribution in [1.29, 1.82) is 0 Å². The fraction of sp³-hybridized carbons (Fsp3) is 0.346. The molecule has 3 aromatic rings. The number of hydrogen-bond acceptors (Lipinski definition) is 5. The second kappa shape index (κ2) is 9.26. The van der Waals surface area contributed by atoms with Gasteiger partial charge in [0.15, 0.2) is 5.82 Å². The predicted molar refractivity (Wildman–Crippen MR) is 132 cm³/mol. The molecule has 5 rings (SSSR count). The van der Waals surface area contributed by atoms with Crippen molar-refractivity contribution in [3.05, 3.63) is 58.9 Å². The Morgan fingerprint density at radius 3 is 2.31 bits per heavy atom. The van der Waals surface area contributed by atoms with E-state index in [1.165, 1.54) is 36.9 Å². The second-order valence-electron chi connectivity index (χ2n) is 10.2. The van der Waals surface area contributed by atoms with E-state index >= 15 is 13.2 Å². The molecule has 2 aliphatic heterocycles. The number of halogens is 4. The van der Waals surface area contributed by atoms with Gasteiger partial charge in [-0.15, -0.1) is 0 Å². The standard InChI is InChI=1S/C26H23F4N3O5S/c1-13-17-4-3-14(24(34)32-11-26(2,12-32)25(35)36)7-20(17)31-23(22(13)30)21-18(28)8-16(9-19(21)29)39(37,38)33-6-5-15(27)10-33/h3-4,7-9,15H,5-6,10-12H2,1-2H3,(H,35,36)/t15-/m0/s1. The van der Waals surface area contributed by atoms with Crippen LogP contribution in [0.5, 0.6) is 0 Å². The molecule has 2 fully saturated rings. The first-order valence-corrected chi connectivity index (χ1v) is 13.4. The number of aromatic nitrogens is 1. The summed E-state index contributed by atoms with van der Waals surface area (Å²) < 4.78 is 85.6. The first kappa shape index (κ1) is 27.0. The summed E-state index contributed by atoms with van der Waals surface area (Å²) in [6, 6.07) is 5.27. The number of carbonyl (C=O) groups excluding carboxylic acids is 1. The van der Waals surface area contributed by atoms with Gasteiger partial charge < -0.3 is 10.0 Å². The fourth-order valence-electron chi connectivity index (χ4n) is 4.94.